The van der Waals surface area contributed by atoms with Gasteiger partial charge in [-0.1, -0.05) is 0 Å². The normalized spacial score (nSPS) is 19.9. The zero-order valence-corrected chi connectivity index (χ0v) is 12.0. The Morgan fingerprint density at radius 3 is 2.65 bits per heavy atom. The van der Waals surface area contributed by atoms with Gasteiger partial charge in [0.15, 0.2) is 5.82 Å². The van der Waals surface area contributed by atoms with E-state index in [9.17, 15) is 4.79 Å². The molecule has 0 saturated carbocycles. The maximum atomic E-state index is 12.1. The van der Waals surface area contributed by atoms with Crippen molar-refractivity contribution in [2.45, 2.75) is 32.9 Å². The van der Waals surface area contributed by atoms with Crippen molar-refractivity contribution in [1.82, 2.24) is 4.98 Å². The molecule has 0 bridgehead atoms. The van der Waals surface area contributed by atoms with Crippen molar-refractivity contribution in [3.05, 3.63) is 16.7 Å². The summed E-state index contributed by atoms with van der Waals surface area (Å²) in [5.41, 5.74) is 0.866. The molecule has 1 aromatic heterocycles. The molecule has 0 N–H and O–H groups in total. The zero-order chi connectivity index (χ0) is 12.7. The van der Waals surface area contributed by atoms with E-state index in [2.05, 4.69) is 39.7 Å². The third-order valence-electron chi connectivity index (χ3n) is 3.09. The van der Waals surface area contributed by atoms with E-state index in [0.717, 1.165) is 16.1 Å². The molecule has 0 spiro atoms. The summed E-state index contributed by atoms with van der Waals surface area (Å²) in [6.45, 7) is 6.06. The second-order valence-corrected chi connectivity index (χ2v) is 5.36. The molecule has 2 heterocycles. The van der Waals surface area contributed by atoms with Gasteiger partial charge in [-0.3, -0.25) is 4.79 Å². The maximum Gasteiger partial charge on any atom is 0.249 e. The topological polar surface area (TPSA) is 36.4 Å². The van der Waals surface area contributed by atoms with Crippen LogP contribution in [0, 0.1) is 0 Å². The number of aromatic nitrogens is 1. The van der Waals surface area contributed by atoms with Crippen molar-refractivity contribution in [3.8, 4) is 0 Å². The van der Waals surface area contributed by atoms with Crippen LogP contribution in [0.5, 0.6) is 0 Å². The van der Waals surface area contributed by atoms with E-state index >= 15 is 0 Å². The van der Waals surface area contributed by atoms with Crippen LogP contribution in [0.1, 0.15) is 20.8 Å². The first kappa shape index (κ1) is 12.4. The summed E-state index contributed by atoms with van der Waals surface area (Å²) in [5, 5.41) is 0. The van der Waals surface area contributed by atoms with E-state index in [4.69, 9.17) is 0 Å². The Morgan fingerprint density at radius 1 is 1.41 bits per heavy atom. The number of nitrogens with zero attached hydrogens (tertiary/aromatic N) is 3. The predicted molar refractivity (Wildman–Crippen MR) is 72.4 cm³/mol. The molecule has 0 aliphatic carbocycles. The van der Waals surface area contributed by atoms with Crippen molar-refractivity contribution in [3.63, 3.8) is 0 Å². The lowest BCUT2D eigenvalue weighted by molar-refractivity contribution is -0.119. The molecule has 1 aliphatic heterocycles. The van der Waals surface area contributed by atoms with Gasteiger partial charge in [-0.05, 0) is 48.8 Å². The van der Waals surface area contributed by atoms with E-state index in [0.29, 0.717) is 0 Å². The minimum Gasteiger partial charge on any atom is -0.341 e. The van der Waals surface area contributed by atoms with Gasteiger partial charge in [-0.2, -0.15) is 0 Å². The Hall–Kier alpha value is -1.10. The van der Waals surface area contributed by atoms with Crippen LogP contribution < -0.4 is 9.80 Å². The largest absolute Gasteiger partial charge is 0.341 e. The van der Waals surface area contributed by atoms with Crippen LogP contribution in [0.2, 0.25) is 0 Å². The average molecular weight is 298 g/mol. The van der Waals surface area contributed by atoms with Crippen LogP contribution in [0.3, 0.4) is 0 Å². The third kappa shape index (κ3) is 1.92. The van der Waals surface area contributed by atoms with Crippen LogP contribution in [0.4, 0.5) is 11.5 Å². The Bertz CT molecular complexity index is 461. The molecule has 17 heavy (non-hydrogen) atoms. The molecule has 1 amide bonds. The third-order valence-corrected chi connectivity index (χ3v) is 3.53. The number of hydrogen-bond acceptors (Lipinski definition) is 3. The fraction of sp³-hybridized carbons (Fsp3) is 0.500. The standard InChI is InChI=1S/C12H16BrN3O/c1-7(2)16-8(3)12(17)15(4)9-5-6-10(13)14-11(9)16/h5-8H,1-4H3/t8-/m1/s1. The molecule has 1 aliphatic rings. The van der Waals surface area contributed by atoms with Crippen LogP contribution >= 0.6 is 15.9 Å². The van der Waals surface area contributed by atoms with Gasteiger partial charge in [0.05, 0.1) is 5.69 Å². The highest BCUT2D eigenvalue weighted by Gasteiger charge is 2.35. The van der Waals surface area contributed by atoms with E-state index in [1.165, 1.54) is 0 Å². The van der Waals surface area contributed by atoms with Crippen LogP contribution in [-0.2, 0) is 4.79 Å². The van der Waals surface area contributed by atoms with E-state index in [1.807, 2.05) is 19.1 Å². The van der Waals surface area contributed by atoms with Gasteiger partial charge in [-0.25, -0.2) is 4.98 Å². The molecule has 0 radical (unpaired) electrons. The molecule has 0 aromatic carbocycles. The lowest BCUT2D eigenvalue weighted by Gasteiger charge is -2.41. The Morgan fingerprint density at radius 2 is 2.06 bits per heavy atom. The molecule has 5 heteroatoms. The molecule has 0 fully saturated rings. The number of rotatable bonds is 1. The summed E-state index contributed by atoms with van der Waals surface area (Å²) in [6.07, 6.45) is 0. The number of carbonyl (C=O) groups is 1. The maximum absolute atomic E-state index is 12.1. The Kier molecular flexibility index (Phi) is 3.12. The van der Waals surface area contributed by atoms with E-state index < -0.39 is 0 Å². The lowest BCUT2D eigenvalue weighted by Crippen LogP contribution is -2.53. The first-order chi connectivity index (χ1) is 7.93. The van der Waals surface area contributed by atoms with Crippen molar-refractivity contribution >= 4 is 33.3 Å². The van der Waals surface area contributed by atoms with E-state index in [1.54, 1.807) is 11.9 Å². The number of pyridine rings is 1. The number of anilines is 2. The molecule has 0 unspecified atom stereocenters. The van der Waals surface area contributed by atoms with Crippen molar-refractivity contribution in [2.24, 2.45) is 0 Å². The van der Waals surface area contributed by atoms with Crippen molar-refractivity contribution in [2.75, 3.05) is 16.8 Å². The average Bonchev–Trinajstić information content (AvgIpc) is 2.25. The molecular formula is C12H16BrN3O. The number of likely N-dealkylation sites (N-methyl/N-ethyl adjacent to an activating group) is 1. The summed E-state index contributed by atoms with van der Waals surface area (Å²) in [5.74, 6) is 0.972. The highest BCUT2D eigenvalue weighted by molar-refractivity contribution is 9.10. The number of hydrogen-bond donors (Lipinski definition) is 0. The predicted octanol–water partition coefficient (Wildman–Crippen LogP) is 2.42. The quantitative estimate of drug-likeness (QED) is 0.747. The molecular weight excluding hydrogens is 282 g/mol. The van der Waals surface area contributed by atoms with Gasteiger partial charge in [0.1, 0.15) is 10.6 Å². The lowest BCUT2D eigenvalue weighted by atomic mass is 10.1. The van der Waals surface area contributed by atoms with Crippen LogP contribution in [-0.4, -0.2) is 30.0 Å². The number of fused-ring (bicyclic) bond motifs is 1. The number of carbonyl (C=O) groups excluding carboxylic acids is 1. The monoisotopic (exact) mass is 297 g/mol. The summed E-state index contributed by atoms with van der Waals surface area (Å²) < 4.78 is 0.789. The van der Waals surface area contributed by atoms with Gasteiger partial charge in [0.25, 0.3) is 0 Å². The SMILES string of the molecule is CC(C)N1c2nc(Br)ccc2N(C)C(=O)[C@H]1C. The molecule has 1 aromatic rings. The summed E-state index contributed by atoms with van der Waals surface area (Å²) in [6, 6.07) is 3.85. The fourth-order valence-corrected chi connectivity index (χ4v) is 2.56. The van der Waals surface area contributed by atoms with Crippen molar-refractivity contribution < 1.29 is 4.79 Å². The minimum atomic E-state index is -0.172. The second kappa shape index (κ2) is 4.29. The summed E-state index contributed by atoms with van der Waals surface area (Å²) in [4.78, 5) is 20.4. The van der Waals surface area contributed by atoms with Gasteiger partial charge in [0.2, 0.25) is 5.91 Å². The Balaban J connectivity index is 2.60. The smallest absolute Gasteiger partial charge is 0.249 e. The second-order valence-electron chi connectivity index (χ2n) is 4.55. The first-order valence-corrected chi connectivity index (χ1v) is 6.45. The van der Waals surface area contributed by atoms with Gasteiger partial charge >= 0.3 is 0 Å². The van der Waals surface area contributed by atoms with Crippen LogP contribution in [0.25, 0.3) is 0 Å². The van der Waals surface area contributed by atoms with Crippen molar-refractivity contribution in [1.29, 1.82) is 0 Å². The van der Waals surface area contributed by atoms with Gasteiger partial charge in [-0.15, -0.1) is 0 Å². The molecule has 2 rings (SSSR count). The minimum absolute atomic E-state index is 0.107. The number of amides is 1. The molecule has 4 nitrogen and oxygen atoms in total. The summed E-state index contributed by atoms with van der Waals surface area (Å²) >= 11 is 3.38. The summed E-state index contributed by atoms with van der Waals surface area (Å²) in [7, 11) is 1.80. The molecule has 1 atom stereocenters. The van der Waals surface area contributed by atoms with Crippen LogP contribution in [0.15, 0.2) is 16.7 Å². The molecule has 0 saturated heterocycles. The molecule has 92 valence electrons. The highest BCUT2D eigenvalue weighted by Crippen LogP contribution is 2.35. The number of halogens is 1. The first-order valence-electron chi connectivity index (χ1n) is 5.66. The fourth-order valence-electron chi connectivity index (χ4n) is 2.26. The van der Waals surface area contributed by atoms with E-state index in [-0.39, 0.29) is 18.0 Å². The highest BCUT2D eigenvalue weighted by atomic mass is 79.9. The zero-order valence-electron chi connectivity index (χ0n) is 10.4. The van der Waals surface area contributed by atoms with Gasteiger partial charge < -0.3 is 9.80 Å². The van der Waals surface area contributed by atoms with Gasteiger partial charge in [0, 0.05) is 13.1 Å². The Labute approximate surface area is 110 Å².